The van der Waals surface area contributed by atoms with E-state index in [2.05, 4.69) is 32.9 Å². The van der Waals surface area contributed by atoms with Crippen LogP contribution in [0.15, 0.2) is 60.7 Å². The maximum atomic E-state index is 14.9. The number of halogens is 2. The fraction of sp³-hybridized carbons (Fsp3) is 0.269. The molecule has 1 aliphatic heterocycles. The molecule has 0 spiro atoms. The number of carbonyl (C=O) groups is 1. The standard InChI is InChI=1S/C26H25ClFNO/c1-16-6-12-23(21(28)14-16)29-22-13-11-19(27)15-20(22)26(5,24(29)30)18-9-7-17(8-10-18)25(2,3)4/h6-15H,1-5H3. The smallest absolute Gasteiger partial charge is 0.246 e. The first kappa shape index (κ1) is 20.6. The van der Waals surface area contributed by atoms with Crippen molar-refractivity contribution in [1.29, 1.82) is 0 Å². The van der Waals surface area contributed by atoms with Gasteiger partial charge in [-0.1, -0.05) is 62.7 Å². The number of hydrogen-bond donors (Lipinski definition) is 0. The van der Waals surface area contributed by atoms with Crippen molar-refractivity contribution in [2.45, 2.75) is 45.4 Å². The molecular formula is C26H25ClFNO. The molecular weight excluding hydrogens is 397 g/mol. The van der Waals surface area contributed by atoms with Crippen molar-refractivity contribution in [1.82, 2.24) is 0 Å². The van der Waals surface area contributed by atoms with E-state index >= 15 is 0 Å². The van der Waals surface area contributed by atoms with Gasteiger partial charge >= 0.3 is 0 Å². The average Bonchev–Trinajstić information content (AvgIpc) is 2.90. The monoisotopic (exact) mass is 421 g/mol. The highest BCUT2D eigenvalue weighted by Crippen LogP contribution is 2.50. The number of rotatable bonds is 2. The summed E-state index contributed by atoms with van der Waals surface area (Å²) in [7, 11) is 0. The van der Waals surface area contributed by atoms with Crippen LogP contribution < -0.4 is 4.90 Å². The molecule has 0 radical (unpaired) electrons. The summed E-state index contributed by atoms with van der Waals surface area (Å²) < 4.78 is 14.9. The van der Waals surface area contributed by atoms with Gasteiger partial charge in [0.15, 0.2) is 0 Å². The minimum absolute atomic E-state index is 0.0113. The molecule has 154 valence electrons. The number of hydrogen-bond acceptors (Lipinski definition) is 1. The second-order valence-electron chi connectivity index (χ2n) is 9.21. The first-order valence-electron chi connectivity index (χ1n) is 10.1. The Balaban J connectivity index is 1.91. The minimum Gasteiger partial charge on any atom is -0.277 e. The van der Waals surface area contributed by atoms with Crippen LogP contribution in [0, 0.1) is 12.7 Å². The molecule has 2 nitrogen and oxygen atoms in total. The highest BCUT2D eigenvalue weighted by molar-refractivity contribution is 6.31. The Bertz CT molecular complexity index is 1150. The molecule has 30 heavy (non-hydrogen) atoms. The van der Waals surface area contributed by atoms with E-state index in [1.807, 2.05) is 38.1 Å². The molecule has 3 aromatic rings. The lowest BCUT2D eigenvalue weighted by molar-refractivity contribution is -0.120. The van der Waals surface area contributed by atoms with Gasteiger partial charge in [-0.15, -0.1) is 0 Å². The van der Waals surface area contributed by atoms with Gasteiger partial charge in [0.2, 0.25) is 5.91 Å². The highest BCUT2D eigenvalue weighted by atomic mass is 35.5. The predicted octanol–water partition coefficient (Wildman–Crippen LogP) is 7.07. The van der Waals surface area contributed by atoms with Crippen LogP contribution in [0.3, 0.4) is 0 Å². The molecule has 0 saturated carbocycles. The Kier molecular flexibility index (Phi) is 4.78. The summed E-state index contributed by atoms with van der Waals surface area (Å²) in [5, 5.41) is 0.547. The topological polar surface area (TPSA) is 20.3 Å². The maximum absolute atomic E-state index is 14.9. The quantitative estimate of drug-likeness (QED) is 0.433. The lowest BCUT2D eigenvalue weighted by atomic mass is 9.76. The van der Waals surface area contributed by atoms with Gasteiger partial charge in [-0.3, -0.25) is 9.69 Å². The van der Waals surface area contributed by atoms with Gasteiger partial charge in [0.25, 0.3) is 0 Å². The van der Waals surface area contributed by atoms with Crippen molar-refractivity contribution in [2.24, 2.45) is 0 Å². The summed E-state index contributed by atoms with van der Waals surface area (Å²) in [4.78, 5) is 15.3. The van der Waals surface area contributed by atoms with E-state index < -0.39 is 11.2 Å². The fourth-order valence-electron chi connectivity index (χ4n) is 4.17. The molecule has 0 aliphatic carbocycles. The predicted molar refractivity (Wildman–Crippen MR) is 121 cm³/mol. The van der Waals surface area contributed by atoms with E-state index in [4.69, 9.17) is 11.6 Å². The molecule has 1 aliphatic rings. The molecule has 4 heteroatoms. The van der Waals surface area contributed by atoms with Crippen LogP contribution in [0.25, 0.3) is 0 Å². The van der Waals surface area contributed by atoms with Crippen LogP contribution in [-0.4, -0.2) is 5.91 Å². The zero-order valence-electron chi connectivity index (χ0n) is 17.9. The van der Waals surface area contributed by atoms with E-state index in [1.54, 1.807) is 18.2 Å². The van der Waals surface area contributed by atoms with Gasteiger partial charge in [-0.2, -0.15) is 0 Å². The largest absolute Gasteiger partial charge is 0.277 e. The number of nitrogens with zero attached hydrogens (tertiary/aromatic N) is 1. The molecule has 0 saturated heterocycles. The van der Waals surface area contributed by atoms with Gasteiger partial charge in [0.05, 0.1) is 16.8 Å². The Morgan fingerprint density at radius 1 is 0.933 bits per heavy atom. The van der Waals surface area contributed by atoms with E-state index in [9.17, 15) is 9.18 Å². The number of anilines is 2. The van der Waals surface area contributed by atoms with Crippen molar-refractivity contribution in [3.63, 3.8) is 0 Å². The Morgan fingerprint density at radius 3 is 2.17 bits per heavy atom. The van der Waals surface area contributed by atoms with Gasteiger partial charge in [0.1, 0.15) is 5.82 Å². The molecule has 0 bridgehead atoms. The molecule has 0 fully saturated rings. The van der Waals surface area contributed by atoms with Crippen molar-refractivity contribution >= 4 is 28.9 Å². The van der Waals surface area contributed by atoms with Crippen molar-refractivity contribution in [2.75, 3.05) is 4.90 Å². The second kappa shape index (κ2) is 6.95. The third-order valence-electron chi connectivity index (χ3n) is 6.04. The second-order valence-corrected chi connectivity index (χ2v) is 9.65. The molecule has 1 amide bonds. The molecule has 0 aromatic heterocycles. The number of amides is 1. The minimum atomic E-state index is -0.964. The van der Waals surface area contributed by atoms with E-state index in [0.29, 0.717) is 10.7 Å². The Labute approximate surface area is 182 Å². The van der Waals surface area contributed by atoms with Gasteiger partial charge < -0.3 is 0 Å². The summed E-state index contributed by atoms with van der Waals surface area (Å²) in [6, 6.07) is 18.4. The van der Waals surface area contributed by atoms with Crippen LogP contribution in [0.2, 0.25) is 5.02 Å². The molecule has 0 N–H and O–H groups in total. The average molecular weight is 422 g/mol. The maximum Gasteiger partial charge on any atom is 0.246 e. The molecule has 4 rings (SSSR count). The van der Waals surface area contributed by atoms with Crippen molar-refractivity contribution in [3.05, 3.63) is 93.8 Å². The van der Waals surface area contributed by atoms with Gasteiger partial charge in [-0.05, 0) is 71.8 Å². The Morgan fingerprint density at radius 2 is 1.57 bits per heavy atom. The number of fused-ring (bicyclic) bond motifs is 1. The molecule has 1 atom stereocenters. The first-order chi connectivity index (χ1) is 14.0. The summed E-state index contributed by atoms with van der Waals surface area (Å²) in [5.74, 6) is -0.609. The Hall–Kier alpha value is -2.65. The lowest BCUT2D eigenvalue weighted by Crippen LogP contribution is -2.37. The lowest BCUT2D eigenvalue weighted by Gasteiger charge is -2.27. The van der Waals surface area contributed by atoms with Crippen LogP contribution in [0.5, 0.6) is 0 Å². The first-order valence-corrected chi connectivity index (χ1v) is 10.4. The summed E-state index contributed by atoms with van der Waals surface area (Å²) in [6.07, 6.45) is 0. The SMILES string of the molecule is Cc1ccc(N2C(=O)C(C)(c3ccc(C(C)(C)C)cc3)c3cc(Cl)ccc32)c(F)c1. The van der Waals surface area contributed by atoms with Gasteiger partial charge in [0, 0.05) is 5.02 Å². The van der Waals surface area contributed by atoms with Crippen LogP contribution in [0.4, 0.5) is 15.8 Å². The molecule has 1 heterocycles. The van der Waals surface area contributed by atoms with Crippen LogP contribution in [-0.2, 0) is 15.6 Å². The van der Waals surface area contributed by atoms with E-state index in [-0.39, 0.29) is 17.0 Å². The summed E-state index contributed by atoms with van der Waals surface area (Å²) in [5.41, 5.74) is 3.60. The third kappa shape index (κ3) is 3.13. The highest BCUT2D eigenvalue weighted by Gasteiger charge is 2.49. The zero-order chi connectivity index (χ0) is 21.8. The van der Waals surface area contributed by atoms with E-state index in [0.717, 1.165) is 16.7 Å². The number of carbonyl (C=O) groups excluding carboxylic acids is 1. The zero-order valence-corrected chi connectivity index (χ0v) is 18.6. The van der Waals surface area contributed by atoms with Crippen LogP contribution in [0.1, 0.15) is 49.9 Å². The van der Waals surface area contributed by atoms with Crippen molar-refractivity contribution < 1.29 is 9.18 Å². The van der Waals surface area contributed by atoms with Crippen molar-refractivity contribution in [3.8, 4) is 0 Å². The fourth-order valence-corrected chi connectivity index (χ4v) is 4.34. The normalized spacial score (nSPS) is 18.6. The summed E-state index contributed by atoms with van der Waals surface area (Å²) in [6.45, 7) is 10.2. The van der Waals surface area contributed by atoms with E-state index in [1.165, 1.54) is 16.5 Å². The van der Waals surface area contributed by atoms with Gasteiger partial charge in [-0.25, -0.2) is 4.39 Å². The number of benzene rings is 3. The van der Waals surface area contributed by atoms with Crippen LogP contribution >= 0.6 is 11.6 Å². The molecule has 3 aromatic carbocycles. The summed E-state index contributed by atoms with van der Waals surface area (Å²) >= 11 is 6.31. The number of aryl methyl sites for hydroxylation is 1. The molecule has 1 unspecified atom stereocenters. The third-order valence-corrected chi connectivity index (χ3v) is 6.28.